The van der Waals surface area contributed by atoms with Gasteiger partial charge in [-0.1, -0.05) is 60.7 Å². The lowest BCUT2D eigenvalue weighted by Gasteiger charge is -2.14. The predicted molar refractivity (Wildman–Crippen MR) is 120 cm³/mol. The molecule has 1 N–H and O–H groups in total. The van der Waals surface area contributed by atoms with E-state index in [-0.39, 0.29) is 18.3 Å². The summed E-state index contributed by atoms with van der Waals surface area (Å²) < 4.78 is 24.4. The van der Waals surface area contributed by atoms with Gasteiger partial charge in [0, 0.05) is 18.0 Å². The fourth-order valence-electron chi connectivity index (χ4n) is 3.89. The van der Waals surface area contributed by atoms with Crippen molar-refractivity contribution in [3.05, 3.63) is 95.3 Å². The van der Waals surface area contributed by atoms with Gasteiger partial charge >= 0.3 is 6.09 Å². The third kappa shape index (κ3) is 4.61. The largest absolute Gasteiger partial charge is 0.497 e. The van der Waals surface area contributed by atoms with E-state index in [1.165, 1.54) is 28.3 Å². The van der Waals surface area contributed by atoms with Gasteiger partial charge in [0.05, 0.1) is 7.11 Å². The number of methoxy groups -OCH3 is 1. The van der Waals surface area contributed by atoms with E-state index in [1.54, 1.807) is 25.3 Å². The van der Waals surface area contributed by atoms with Gasteiger partial charge < -0.3 is 14.8 Å². The number of nitrogens with one attached hydrogen (secondary N) is 1. The molecule has 4 rings (SSSR count). The summed E-state index contributed by atoms with van der Waals surface area (Å²) in [5, 5.41) is 2.75. The lowest BCUT2D eigenvalue weighted by Crippen LogP contribution is -2.26. The SMILES string of the molecule is COc1ccc(F)c(C=CCCNC(=O)OCC2c3ccccc3-c3ccccc32)c1. The Balaban J connectivity index is 1.28. The van der Waals surface area contributed by atoms with Crippen LogP contribution in [-0.2, 0) is 4.74 Å². The van der Waals surface area contributed by atoms with Gasteiger partial charge in [-0.25, -0.2) is 9.18 Å². The Morgan fingerprint density at radius 3 is 2.39 bits per heavy atom. The van der Waals surface area contributed by atoms with Crippen LogP contribution < -0.4 is 10.1 Å². The predicted octanol–water partition coefficient (Wildman–Crippen LogP) is 5.78. The fourth-order valence-corrected chi connectivity index (χ4v) is 3.89. The zero-order valence-corrected chi connectivity index (χ0v) is 17.3. The maximum absolute atomic E-state index is 13.8. The molecule has 0 spiro atoms. The number of fused-ring (bicyclic) bond motifs is 3. The number of carbonyl (C=O) groups is 1. The Morgan fingerprint density at radius 1 is 1.03 bits per heavy atom. The second kappa shape index (κ2) is 9.47. The van der Waals surface area contributed by atoms with Crippen LogP contribution in [0.4, 0.5) is 9.18 Å². The number of hydrogen-bond acceptors (Lipinski definition) is 3. The van der Waals surface area contributed by atoms with E-state index < -0.39 is 6.09 Å². The third-order valence-electron chi connectivity index (χ3n) is 5.42. The molecule has 3 aromatic rings. The van der Waals surface area contributed by atoms with Crippen LogP contribution in [0.3, 0.4) is 0 Å². The van der Waals surface area contributed by atoms with Gasteiger partial charge in [0.2, 0.25) is 0 Å². The molecule has 0 atom stereocenters. The number of ether oxygens (including phenoxy) is 2. The molecule has 0 saturated carbocycles. The third-order valence-corrected chi connectivity index (χ3v) is 5.42. The Labute approximate surface area is 181 Å². The number of carbonyl (C=O) groups excluding carboxylic acids is 1. The first-order valence-corrected chi connectivity index (χ1v) is 10.3. The molecular formula is C26H24FNO3. The molecule has 0 bridgehead atoms. The monoisotopic (exact) mass is 417 g/mol. The quantitative estimate of drug-likeness (QED) is 0.496. The van der Waals surface area contributed by atoms with Gasteiger partial charge in [-0.15, -0.1) is 0 Å². The summed E-state index contributed by atoms with van der Waals surface area (Å²) in [7, 11) is 1.54. The number of benzene rings is 3. The highest BCUT2D eigenvalue weighted by Gasteiger charge is 2.28. The molecule has 0 saturated heterocycles. The van der Waals surface area contributed by atoms with Crippen molar-refractivity contribution in [2.24, 2.45) is 0 Å². The standard InChI is InChI=1S/C26H24FNO3/c1-30-19-13-14-25(27)18(16-19)8-6-7-15-28-26(29)31-17-24-22-11-4-2-9-20(22)21-10-3-5-12-23(21)24/h2-6,8-14,16,24H,7,15,17H2,1H3,(H,28,29). The van der Waals surface area contributed by atoms with E-state index in [2.05, 4.69) is 29.6 Å². The van der Waals surface area contributed by atoms with E-state index in [4.69, 9.17) is 9.47 Å². The highest BCUT2D eigenvalue weighted by molar-refractivity contribution is 5.79. The molecule has 1 aliphatic rings. The Hall–Kier alpha value is -3.60. The van der Waals surface area contributed by atoms with Crippen LogP contribution in [0.1, 0.15) is 29.0 Å². The minimum Gasteiger partial charge on any atom is -0.497 e. The average molecular weight is 417 g/mol. The summed E-state index contributed by atoms with van der Waals surface area (Å²) in [4.78, 5) is 12.2. The zero-order chi connectivity index (χ0) is 21.6. The summed E-state index contributed by atoms with van der Waals surface area (Å²) in [6.07, 6.45) is 3.59. The minimum atomic E-state index is -0.456. The van der Waals surface area contributed by atoms with Gasteiger partial charge in [-0.3, -0.25) is 0 Å². The lowest BCUT2D eigenvalue weighted by atomic mass is 9.98. The van der Waals surface area contributed by atoms with Crippen LogP contribution >= 0.6 is 0 Å². The number of hydrogen-bond donors (Lipinski definition) is 1. The molecule has 3 aromatic carbocycles. The van der Waals surface area contributed by atoms with Crippen molar-refractivity contribution in [2.45, 2.75) is 12.3 Å². The van der Waals surface area contributed by atoms with Crippen LogP contribution in [0, 0.1) is 5.82 Å². The Bertz CT molecular complexity index is 1060. The van der Waals surface area contributed by atoms with E-state index >= 15 is 0 Å². The summed E-state index contributed by atoms with van der Waals surface area (Å²) >= 11 is 0. The smallest absolute Gasteiger partial charge is 0.407 e. The van der Waals surface area contributed by atoms with Crippen molar-refractivity contribution < 1.29 is 18.7 Å². The molecule has 0 aromatic heterocycles. The van der Waals surface area contributed by atoms with Crippen molar-refractivity contribution in [3.63, 3.8) is 0 Å². The molecule has 5 heteroatoms. The Morgan fingerprint density at radius 2 is 1.71 bits per heavy atom. The minimum absolute atomic E-state index is 0.0362. The van der Waals surface area contributed by atoms with E-state index in [1.807, 2.05) is 30.3 Å². The summed E-state index contributed by atoms with van der Waals surface area (Å²) in [5.74, 6) is 0.313. The van der Waals surface area contributed by atoms with Gasteiger partial charge in [0.1, 0.15) is 18.2 Å². The van der Waals surface area contributed by atoms with Crippen LogP contribution in [0.25, 0.3) is 17.2 Å². The number of rotatable bonds is 7. The molecule has 0 fully saturated rings. The van der Waals surface area contributed by atoms with Gasteiger partial charge in [0.15, 0.2) is 0 Å². The van der Waals surface area contributed by atoms with E-state index in [9.17, 15) is 9.18 Å². The van der Waals surface area contributed by atoms with Crippen molar-refractivity contribution in [1.29, 1.82) is 0 Å². The molecule has 31 heavy (non-hydrogen) atoms. The van der Waals surface area contributed by atoms with Gasteiger partial charge in [0.25, 0.3) is 0 Å². The van der Waals surface area contributed by atoms with Gasteiger partial charge in [-0.05, 0) is 46.9 Å². The Kier molecular flexibility index (Phi) is 6.32. The summed E-state index contributed by atoms with van der Waals surface area (Å²) in [5.41, 5.74) is 5.20. The highest BCUT2D eigenvalue weighted by atomic mass is 19.1. The second-order valence-corrected chi connectivity index (χ2v) is 7.33. The first-order chi connectivity index (χ1) is 15.2. The van der Waals surface area contributed by atoms with Crippen LogP contribution in [0.5, 0.6) is 5.75 Å². The van der Waals surface area contributed by atoms with Crippen LogP contribution in [0.2, 0.25) is 0 Å². The molecule has 0 unspecified atom stereocenters. The second-order valence-electron chi connectivity index (χ2n) is 7.33. The molecular weight excluding hydrogens is 393 g/mol. The summed E-state index contributed by atoms with van der Waals surface area (Å²) in [6.45, 7) is 0.684. The van der Waals surface area contributed by atoms with Gasteiger partial charge in [-0.2, -0.15) is 0 Å². The molecule has 0 heterocycles. The molecule has 1 aliphatic carbocycles. The first-order valence-electron chi connectivity index (χ1n) is 10.3. The maximum atomic E-state index is 13.8. The number of alkyl carbamates (subject to hydrolysis) is 1. The fraction of sp³-hybridized carbons (Fsp3) is 0.192. The lowest BCUT2D eigenvalue weighted by molar-refractivity contribution is 0.143. The normalized spacial score (nSPS) is 12.5. The topological polar surface area (TPSA) is 47.6 Å². The maximum Gasteiger partial charge on any atom is 0.407 e. The molecule has 0 aliphatic heterocycles. The first kappa shape index (κ1) is 20.7. The van der Waals surface area contributed by atoms with Crippen LogP contribution in [-0.4, -0.2) is 26.4 Å². The molecule has 4 nitrogen and oxygen atoms in total. The highest BCUT2D eigenvalue weighted by Crippen LogP contribution is 2.44. The van der Waals surface area contributed by atoms with Crippen molar-refractivity contribution in [2.75, 3.05) is 20.3 Å². The molecule has 1 amide bonds. The average Bonchev–Trinajstić information content (AvgIpc) is 3.12. The van der Waals surface area contributed by atoms with Crippen LogP contribution in [0.15, 0.2) is 72.8 Å². The van der Waals surface area contributed by atoms with Crippen molar-refractivity contribution in [3.8, 4) is 16.9 Å². The van der Waals surface area contributed by atoms with E-state index in [0.29, 0.717) is 24.3 Å². The zero-order valence-electron chi connectivity index (χ0n) is 17.3. The number of halogens is 1. The van der Waals surface area contributed by atoms with E-state index in [0.717, 1.165) is 0 Å². The molecule has 158 valence electrons. The van der Waals surface area contributed by atoms with Crippen molar-refractivity contribution >= 4 is 12.2 Å². The molecule has 0 radical (unpaired) electrons. The van der Waals surface area contributed by atoms with Crippen molar-refractivity contribution in [1.82, 2.24) is 5.32 Å². The summed E-state index contributed by atoms with van der Waals surface area (Å²) in [6, 6.07) is 21.0. The number of amides is 1.